The molecule has 0 aromatic carbocycles. The molecule has 1 saturated carbocycles. The number of amides is 1. The van der Waals surface area contributed by atoms with Crippen LogP contribution in [0.1, 0.15) is 32.1 Å². The minimum atomic E-state index is -0.894. The number of hydrogen-bond acceptors (Lipinski definition) is 1. The zero-order valence-corrected chi connectivity index (χ0v) is 10.1. The molecule has 1 atom stereocenters. The maximum atomic E-state index is 11.0. The van der Waals surface area contributed by atoms with Gasteiger partial charge in [0.2, 0.25) is 0 Å². The first-order valence-corrected chi connectivity index (χ1v) is 6.03. The van der Waals surface area contributed by atoms with Crippen molar-refractivity contribution in [1.82, 2.24) is 4.90 Å². The van der Waals surface area contributed by atoms with Crippen LogP contribution in [0.25, 0.3) is 0 Å². The summed E-state index contributed by atoms with van der Waals surface area (Å²) in [5.41, 5.74) is 0. The monoisotopic (exact) mass is 307 g/mol. The Balaban J connectivity index is 2.66. The summed E-state index contributed by atoms with van der Waals surface area (Å²) in [6.45, 7) is 0. The number of hydrogen-bond donors (Lipinski definition) is 1. The van der Waals surface area contributed by atoms with Crippen LogP contribution < -0.4 is 0 Å². The van der Waals surface area contributed by atoms with Crippen molar-refractivity contribution >= 4 is 28.7 Å². The molecule has 0 bridgehead atoms. The molecule has 78 valence electrons. The summed E-state index contributed by atoms with van der Waals surface area (Å²) < 4.78 is -0.340. The van der Waals surface area contributed by atoms with E-state index >= 15 is 0 Å². The van der Waals surface area contributed by atoms with Crippen molar-refractivity contribution in [2.24, 2.45) is 0 Å². The molecule has 0 radical (unpaired) electrons. The van der Waals surface area contributed by atoms with Crippen LogP contribution in [0.3, 0.4) is 0 Å². The summed E-state index contributed by atoms with van der Waals surface area (Å²) >= 11 is 1.99. The van der Waals surface area contributed by atoms with E-state index in [1.165, 1.54) is 11.3 Å². The Labute approximate surface area is 98.0 Å². The highest BCUT2D eigenvalue weighted by Gasteiger charge is 2.28. The van der Waals surface area contributed by atoms with Gasteiger partial charge in [-0.3, -0.25) is 4.90 Å². The van der Waals surface area contributed by atoms with E-state index in [-0.39, 0.29) is 10.1 Å². The predicted molar refractivity (Wildman–Crippen MR) is 63.4 cm³/mol. The third-order valence-electron chi connectivity index (χ3n) is 2.57. The maximum Gasteiger partial charge on any atom is 0.409 e. The Bertz CT molecular complexity index is 243. The fraction of sp³-hybridized carbons (Fsp3) is 0.700. The molecule has 1 fully saturated rings. The van der Waals surface area contributed by atoms with Crippen molar-refractivity contribution < 1.29 is 9.90 Å². The first kappa shape index (κ1) is 11.6. The van der Waals surface area contributed by atoms with Crippen molar-refractivity contribution in [3.63, 3.8) is 0 Å². The fourth-order valence-electron chi connectivity index (χ4n) is 1.88. The summed E-state index contributed by atoms with van der Waals surface area (Å²) in [6, 6.07) is 0.124. The SMILES string of the molecule is C#CC(I)N(C(=O)O)C1CCCCC1. The molecule has 1 aliphatic carbocycles. The molecule has 1 N–H and O–H groups in total. The molecule has 0 heterocycles. The van der Waals surface area contributed by atoms with Gasteiger partial charge < -0.3 is 5.11 Å². The molecule has 14 heavy (non-hydrogen) atoms. The van der Waals surface area contributed by atoms with Crippen molar-refractivity contribution in [2.45, 2.75) is 42.2 Å². The lowest BCUT2D eigenvalue weighted by atomic mass is 9.94. The predicted octanol–water partition coefficient (Wildman–Crippen LogP) is 2.69. The molecular weight excluding hydrogens is 293 g/mol. The number of carbonyl (C=O) groups is 1. The summed E-state index contributed by atoms with van der Waals surface area (Å²) in [7, 11) is 0. The minimum absolute atomic E-state index is 0.124. The quantitative estimate of drug-likeness (QED) is 0.369. The second kappa shape index (κ2) is 5.44. The van der Waals surface area contributed by atoms with Crippen LogP contribution in [0, 0.1) is 12.3 Å². The van der Waals surface area contributed by atoms with E-state index in [0.717, 1.165) is 25.7 Å². The normalized spacial score (nSPS) is 19.7. The van der Waals surface area contributed by atoms with Gasteiger partial charge in [-0.1, -0.05) is 25.2 Å². The summed E-state index contributed by atoms with van der Waals surface area (Å²) in [5.74, 6) is 2.48. The van der Waals surface area contributed by atoms with Crippen LogP contribution in [0.5, 0.6) is 0 Å². The highest BCUT2D eigenvalue weighted by atomic mass is 127. The van der Waals surface area contributed by atoms with E-state index in [1.807, 2.05) is 22.6 Å². The molecule has 1 aliphatic rings. The standard InChI is InChI=1S/C10H14INO2/c1-2-9(11)12(10(13)14)8-6-4-3-5-7-8/h1,8-9H,3-7H2,(H,13,14). The van der Waals surface area contributed by atoms with Gasteiger partial charge in [-0.25, -0.2) is 4.79 Å². The van der Waals surface area contributed by atoms with Crippen molar-refractivity contribution in [3.8, 4) is 12.3 Å². The van der Waals surface area contributed by atoms with Crippen LogP contribution in [-0.2, 0) is 0 Å². The van der Waals surface area contributed by atoms with E-state index in [1.54, 1.807) is 0 Å². The largest absolute Gasteiger partial charge is 0.465 e. The van der Waals surface area contributed by atoms with Crippen LogP contribution in [0.15, 0.2) is 0 Å². The minimum Gasteiger partial charge on any atom is -0.465 e. The molecule has 0 aliphatic heterocycles. The van der Waals surface area contributed by atoms with Crippen LogP contribution in [-0.4, -0.2) is 26.2 Å². The second-order valence-corrected chi connectivity index (χ2v) is 4.66. The van der Waals surface area contributed by atoms with Crippen molar-refractivity contribution in [1.29, 1.82) is 0 Å². The second-order valence-electron chi connectivity index (χ2n) is 3.48. The molecule has 1 unspecified atom stereocenters. The topological polar surface area (TPSA) is 40.5 Å². The third kappa shape index (κ3) is 2.77. The molecule has 3 nitrogen and oxygen atoms in total. The molecule has 1 rings (SSSR count). The van der Waals surface area contributed by atoms with Gasteiger partial charge in [0, 0.05) is 6.04 Å². The summed E-state index contributed by atoms with van der Waals surface area (Å²) in [6.07, 6.45) is 9.71. The molecule has 0 spiro atoms. The summed E-state index contributed by atoms with van der Waals surface area (Å²) in [4.78, 5) is 12.4. The van der Waals surface area contributed by atoms with E-state index in [0.29, 0.717) is 0 Å². The Kier molecular flexibility index (Phi) is 4.52. The number of halogens is 1. The Morgan fingerprint density at radius 3 is 2.50 bits per heavy atom. The Morgan fingerprint density at radius 2 is 2.07 bits per heavy atom. The van der Waals surface area contributed by atoms with Gasteiger partial charge in [-0.05, 0) is 35.4 Å². The average Bonchev–Trinajstić information content (AvgIpc) is 2.19. The zero-order valence-electron chi connectivity index (χ0n) is 7.95. The lowest BCUT2D eigenvalue weighted by Crippen LogP contribution is -2.44. The van der Waals surface area contributed by atoms with Crippen molar-refractivity contribution in [3.05, 3.63) is 0 Å². The van der Waals surface area contributed by atoms with Gasteiger partial charge >= 0.3 is 6.09 Å². The van der Waals surface area contributed by atoms with Crippen LogP contribution in [0.4, 0.5) is 4.79 Å². The number of terminal acetylenes is 1. The summed E-state index contributed by atoms with van der Waals surface area (Å²) in [5, 5.41) is 9.05. The lowest BCUT2D eigenvalue weighted by Gasteiger charge is -2.33. The van der Waals surface area contributed by atoms with Crippen LogP contribution in [0.2, 0.25) is 0 Å². The van der Waals surface area contributed by atoms with Gasteiger partial charge in [0.15, 0.2) is 0 Å². The maximum absolute atomic E-state index is 11.0. The first-order chi connectivity index (χ1) is 6.66. The van der Waals surface area contributed by atoms with Gasteiger partial charge in [0.1, 0.15) is 4.05 Å². The number of nitrogens with zero attached hydrogens (tertiary/aromatic N) is 1. The Hall–Kier alpha value is -0.440. The number of carboxylic acid groups (broad SMARTS) is 1. The number of alkyl halides is 1. The van der Waals surface area contributed by atoms with E-state index in [4.69, 9.17) is 11.5 Å². The Morgan fingerprint density at radius 1 is 1.50 bits per heavy atom. The highest BCUT2D eigenvalue weighted by molar-refractivity contribution is 14.1. The average molecular weight is 307 g/mol. The van der Waals surface area contributed by atoms with Crippen LogP contribution >= 0.6 is 22.6 Å². The van der Waals surface area contributed by atoms with Gasteiger partial charge in [0.05, 0.1) is 0 Å². The van der Waals surface area contributed by atoms with E-state index in [9.17, 15) is 4.79 Å². The lowest BCUT2D eigenvalue weighted by molar-refractivity contribution is 0.116. The zero-order chi connectivity index (χ0) is 10.6. The van der Waals surface area contributed by atoms with Gasteiger partial charge in [-0.2, -0.15) is 0 Å². The molecule has 4 heteroatoms. The van der Waals surface area contributed by atoms with E-state index < -0.39 is 6.09 Å². The molecule has 1 amide bonds. The molecule has 0 aromatic rings. The smallest absolute Gasteiger partial charge is 0.409 e. The van der Waals surface area contributed by atoms with Gasteiger partial charge in [0.25, 0.3) is 0 Å². The molecular formula is C10H14INO2. The van der Waals surface area contributed by atoms with Gasteiger partial charge in [-0.15, -0.1) is 6.42 Å². The first-order valence-electron chi connectivity index (χ1n) is 4.78. The fourth-order valence-corrected chi connectivity index (χ4v) is 2.57. The third-order valence-corrected chi connectivity index (χ3v) is 3.53. The highest BCUT2D eigenvalue weighted by Crippen LogP contribution is 2.25. The molecule has 0 saturated heterocycles. The molecule has 0 aromatic heterocycles. The van der Waals surface area contributed by atoms with Crippen molar-refractivity contribution in [2.75, 3.05) is 0 Å². The van der Waals surface area contributed by atoms with E-state index in [2.05, 4.69) is 5.92 Å². The number of rotatable bonds is 2.